The standard InChI is InChI=1S/C14H21N3O/c1-11(15)14(18)16-9-12-7-8-17(10-12)13-5-3-2-4-6-13/h2-6,11-12H,7-10,15H2,1H3,(H,16,18)/t11-,12?/m1/s1. The lowest BCUT2D eigenvalue weighted by Gasteiger charge is -2.19. The number of anilines is 1. The van der Waals surface area contributed by atoms with E-state index in [4.69, 9.17) is 5.73 Å². The van der Waals surface area contributed by atoms with Gasteiger partial charge in [-0.2, -0.15) is 0 Å². The quantitative estimate of drug-likeness (QED) is 0.833. The molecule has 1 aromatic rings. The van der Waals surface area contributed by atoms with Crippen molar-refractivity contribution in [1.82, 2.24) is 5.32 Å². The average molecular weight is 247 g/mol. The minimum absolute atomic E-state index is 0.0619. The second kappa shape index (κ2) is 5.87. The molecule has 1 amide bonds. The molecule has 1 aromatic carbocycles. The lowest BCUT2D eigenvalue weighted by Crippen LogP contribution is -2.40. The van der Waals surface area contributed by atoms with Crippen molar-refractivity contribution in [2.24, 2.45) is 11.7 Å². The summed E-state index contributed by atoms with van der Waals surface area (Å²) in [6, 6.07) is 9.98. The van der Waals surface area contributed by atoms with Crippen molar-refractivity contribution in [3.8, 4) is 0 Å². The Kier molecular flexibility index (Phi) is 4.20. The van der Waals surface area contributed by atoms with Gasteiger partial charge < -0.3 is 16.0 Å². The summed E-state index contributed by atoms with van der Waals surface area (Å²) in [6.07, 6.45) is 1.12. The van der Waals surface area contributed by atoms with E-state index in [2.05, 4.69) is 34.5 Å². The van der Waals surface area contributed by atoms with Crippen LogP contribution in [0, 0.1) is 5.92 Å². The maximum atomic E-state index is 11.4. The molecule has 0 aromatic heterocycles. The topological polar surface area (TPSA) is 58.4 Å². The van der Waals surface area contributed by atoms with Gasteiger partial charge in [0, 0.05) is 25.3 Å². The normalized spacial score (nSPS) is 20.8. The molecule has 1 aliphatic heterocycles. The predicted molar refractivity (Wildman–Crippen MR) is 73.4 cm³/mol. The third-order valence-corrected chi connectivity index (χ3v) is 3.39. The van der Waals surface area contributed by atoms with Gasteiger partial charge in [0.2, 0.25) is 5.91 Å². The first-order chi connectivity index (χ1) is 8.66. The van der Waals surface area contributed by atoms with Crippen molar-refractivity contribution in [3.63, 3.8) is 0 Å². The summed E-state index contributed by atoms with van der Waals surface area (Å²) in [5, 5.41) is 2.91. The maximum Gasteiger partial charge on any atom is 0.236 e. The van der Waals surface area contributed by atoms with Crippen LogP contribution >= 0.6 is 0 Å². The molecular weight excluding hydrogens is 226 g/mol. The molecule has 1 fully saturated rings. The molecule has 0 spiro atoms. The summed E-state index contributed by atoms with van der Waals surface area (Å²) in [6.45, 7) is 4.50. The smallest absolute Gasteiger partial charge is 0.236 e. The SMILES string of the molecule is C[C@@H](N)C(=O)NCC1CCN(c2ccccc2)C1. The van der Waals surface area contributed by atoms with E-state index in [9.17, 15) is 4.79 Å². The highest BCUT2D eigenvalue weighted by atomic mass is 16.2. The van der Waals surface area contributed by atoms with Crippen LogP contribution in [-0.4, -0.2) is 31.6 Å². The number of nitrogens with one attached hydrogen (secondary N) is 1. The van der Waals surface area contributed by atoms with E-state index in [0.29, 0.717) is 5.92 Å². The molecule has 1 unspecified atom stereocenters. The largest absolute Gasteiger partial charge is 0.371 e. The van der Waals surface area contributed by atoms with Crippen LogP contribution in [0.3, 0.4) is 0 Å². The lowest BCUT2D eigenvalue weighted by molar-refractivity contribution is -0.122. The average Bonchev–Trinajstić information content (AvgIpc) is 2.85. The second-order valence-corrected chi connectivity index (χ2v) is 4.97. The summed E-state index contributed by atoms with van der Waals surface area (Å²) < 4.78 is 0. The van der Waals surface area contributed by atoms with Gasteiger partial charge in [0.15, 0.2) is 0 Å². The highest BCUT2D eigenvalue weighted by molar-refractivity contribution is 5.80. The molecule has 0 saturated carbocycles. The van der Waals surface area contributed by atoms with Gasteiger partial charge in [0.05, 0.1) is 6.04 Å². The molecular formula is C14H21N3O. The Hall–Kier alpha value is -1.55. The van der Waals surface area contributed by atoms with Crippen LogP contribution in [0.1, 0.15) is 13.3 Å². The van der Waals surface area contributed by atoms with Crippen LogP contribution in [-0.2, 0) is 4.79 Å². The van der Waals surface area contributed by atoms with Crippen molar-refractivity contribution in [2.75, 3.05) is 24.5 Å². The minimum Gasteiger partial charge on any atom is -0.371 e. The molecule has 2 atom stereocenters. The Morgan fingerprint density at radius 1 is 1.50 bits per heavy atom. The number of carbonyl (C=O) groups is 1. The predicted octanol–water partition coefficient (Wildman–Crippen LogP) is 0.976. The molecule has 3 N–H and O–H groups in total. The summed E-state index contributed by atoms with van der Waals surface area (Å²) in [5.74, 6) is 0.459. The number of benzene rings is 1. The fourth-order valence-electron chi connectivity index (χ4n) is 2.28. The molecule has 0 radical (unpaired) electrons. The highest BCUT2D eigenvalue weighted by Crippen LogP contribution is 2.22. The molecule has 18 heavy (non-hydrogen) atoms. The van der Waals surface area contributed by atoms with Gasteiger partial charge in [-0.1, -0.05) is 18.2 Å². The van der Waals surface area contributed by atoms with Gasteiger partial charge in [-0.25, -0.2) is 0 Å². The van der Waals surface area contributed by atoms with E-state index in [0.717, 1.165) is 26.1 Å². The van der Waals surface area contributed by atoms with Crippen molar-refractivity contribution in [2.45, 2.75) is 19.4 Å². The lowest BCUT2D eigenvalue weighted by atomic mass is 10.1. The zero-order valence-corrected chi connectivity index (χ0v) is 10.8. The molecule has 4 heteroatoms. The number of rotatable bonds is 4. The van der Waals surface area contributed by atoms with Gasteiger partial charge in [0.25, 0.3) is 0 Å². The molecule has 98 valence electrons. The first-order valence-corrected chi connectivity index (χ1v) is 6.50. The van der Waals surface area contributed by atoms with Crippen LogP contribution in [0.15, 0.2) is 30.3 Å². The zero-order chi connectivity index (χ0) is 13.0. The monoisotopic (exact) mass is 247 g/mol. The summed E-state index contributed by atoms with van der Waals surface area (Å²) in [4.78, 5) is 13.8. The van der Waals surface area contributed by atoms with Gasteiger partial charge in [-0.05, 0) is 31.4 Å². The number of nitrogens with two attached hydrogens (primary N) is 1. The third-order valence-electron chi connectivity index (χ3n) is 3.39. The van der Waals surface area contributed by atoms with Gasteiger partial charge in [-0.3, -0.25) is 4.79 Å². The van der Waals surface area contributed by atoms with Crippen molar-refractivity contribution >= 4 is 11.6 Å². The van der Waals surface area contributed by atoms with Crippen LogP contribution in [0.5, 0.6) is 0 Å². The van der Waals surface area contributed by atoms with E-state index in [1.807, 2.05) is 6.07 Å². The molecule has 0 bridgehead atoms. The molecule has 0 aliphatic carbocycles. The number of para-hydroxylation sites is 1. The fourth-order valence-corrected chi connectivity index (χ4v) is 2.28. The first kappa shape index (κ1) is 12.9. The molecule has 1 saturated heterocycles. The van der Waals surface area contributed by atoms with Crippen molar-refractivity contribution in [3.05, 3.63) is 30.3 Å². The molecule has 4 nitrogen and oxygen atoms in total. The first-order valence-electron chi connectivity index (χ1n) is 6.50. The minimum atomic E-state index is -0.420. The molecule has 2 rings (SSSR count). The van der Waals surface area contributed by atoms with E-state index in [1.54, 1.807) is 6.92 Å². The van der Waals surface area contributed by atoms with E-state index in [1.165, 1.54) is 5.69 Å². The van der Waals surface area contributed by atoms with Gasteiger partial charge >= 0.3 is 0 Å². The number of hydrogen-bond acceptors (Lipinski definition) is 3. The summed E-state index contributed by atoms with van der Waals surface area (Å²) in [5.41, 5.74) is 6.78. The Labute approximate surface area is 108 Å². The summed E-state index contributed by atoms with van der Waals surface area (Å²) in [7, 11) is 0. The number of nitrogens with zero attached hydrogens (tertiary/aromatic N) is 1. The Balaban J connectivity index is 1.80. The fraction of sp³-hybridized carbons (Fsp3) is 0.500. The molecule has 1 heterocycles. The van der Waals surface area contributed by atoms with Crippen LogP contribution in [0.4, 0.5) is 5.69 Å². The Morgan fingerprint density at radius 2 is 2.22 bits per heavy atom. The third kappa shape index (κ3) is 3.23. The van der Waals surface area contributed by atoms with Crippen LogP contribution in [0.25, 0.3) is 0 Å². The summed E-state index contributed by atoms with van der Waals surface area (Å²) >= 11 is 0. The van der Waals surface area contributed by atoms with E-state index < -0.39 is 6.04 Å². The van der Waals surface area contributed by atoms with Gasteiger partial charge in [0.1, 0.15) is 0 Å². The second-order valence-electron chi connectivity index (χ2n) is 4.97. The van der Waals surface area contributed by atoms with E-state index >= 15 is 0 Å². The van der Waals surface area contributed by atoms with Crippen molar-refractivity contribution in [1.29, 1.82) is 0 Å². The highest BCUT2D eigenvalue weighted by Gasteiger charge is 2.23. The van der Waals surface area contributed by atoms with E-state index in [-0.39, 0.29) is 5.91 Å². The van der Waals surface area contributed by atoms with Crippen LogP contribution in [0.2, 0.25) is 0 Å². The van der Waals surface area contributed by atoms with Crippen LogP contribution < -0.4 is 16.0 Å². The van der Waals surface area contributed by atoms with Gasteiger partial charge in [-0.15, -0.1) is 0 Å². The van der Waals surface area contributed by atoms with Crippen molar-refractivity contribution < 1.29 is 4.79 Å². The molecule has 1 aliphatic rings. The number of hydrogen-bond donors (Lipinski definition) is 2. The zero-order valence-electron chi connectivity index (χ0n) is 10.8. The Morgan fingerprint density at radius 3 is 2.89 bits per heavy atom. The Bertz CT molecular complexity index is 391. The maximum absolute atomic E-state index is 11.4. The number of amides is 1. The number of carbonyl (C=O) groups excluding carboxylic acids is 1.